The van der Waals surface area contributed by atoms with E-state index in [9.17, 15) is 0 Å². The molecule has 2 unspecified atom stereocenters. The first-order valence-electron chi connectivity index (χ1n) is 22.4. The van der Waals surface area contributed by atoms with Gasteiger partial charge >= 0.3 is 0 Å². The van der Waals surface area contributed by atoms with Crippen LogP contribution in [0.2, 0.25) is 0 Å². The van der Waals surface area contributed by atoms with Gasteiger partial charge in [-0.2, -0.15) is 0 Å². The first-order valence-corrected chi connectivity index (χ1v) is 23.2. The molecule has 2 atom stereocenters. The van der Waals surface area contributed by atoms with Crippen LogP contribution < -0.4 is 4.90 Å². The summed E-state index contributed by atoms with van der Waals surface area (Å²) < 4.78 is 3.78. The Kier molecular flexibility index (Phi) is 8.47. The smallest absolute Gasteiger partial charge is 0.0543 e. The van der Waals surface area contributed by atoms with E-state index in [0.29, 0.717) is 5.92 Å². The van der Waals surface area contributed by atoms with Gasteiger partial charge in [0.2, 0.25) is 0 Å². The SMILES string of the molecule is C=C(C1=C/CC(C)(C)c2ccccc2C/C=C\1)c1sc2ccccc2c1/C=C(\C)n1c2ccccc2c2c(C3=CC4CC45C(=C3)N(c3ccccc3)C3=C5C=CCC3)cccc21. The van der Waals surface area contributed by atoms with Crippen molar-refractivity contribution >= 4 is 71.8 Å². The Labute approximate surface area is 369 Å². The summed E-state index contributed by atoms with van der Waals surface area (Å²) in [6, 6.07) is 44.8. The van der Waals surface area contributed by atoms with Crippen LogP contribution in [0.3, 0.4) is 0 Å². The number of nitrogens with zero attached hydrogens (tertiary/aromatic N) is 2. The number of hydrogen-bond acceptors (Lipinski definition) is 2. The predicted octanol–water partition coefficient (Wildman–Crippen LogP) is 15.9. The lowest BCUT2D eigenvalue weighted by molar-refractivity contribution is 0.529. The van der Waals surface area contributed by atoms with Gasteiger partial charge in [-0.25, -0.2) is 0 Å². The van der Waals surface area contributed by atoms with Crippen molar-refractivity contribution in [2.24, 2.45) is 11.3 Å². The van der Waals surface area contributed by atoms with E-state index in [-0.39, 0.29) is 10.8 Å². The molecule has 0 bridgehead atoms. The van der Waals surface area contributed by atoms with Crippen LogP contribution in [-0.2, 0) is 11.8 Å². The van der Waals surface area contributed by atoms with Crippen LogP contribution in [0.15, 0.2) is 193 Å². The fraction of sp³-hybridized carbons (Fsp3) is 0.186. The van der Waals surface area contributed by atoms with Crippen LogP contribution in [0.4, 0.5) is 5.69 Å². The number of fused-ring (bicyclic) bond motifs is 5. The number of allylic oxidation sites excluding steroid dienone is 13. The first kappa shape index (κ1) is 37.4. The molecule has 1 spiro atoms. The van der Waals surface area contributed by atoms with Crippen molar-refractivity contribution in [3.05, 3.63) is 220 Å². The summed E-state index contributed by atoms with van der Waals surface area (Å²) in [5.41, 5.74) is 18.6. The molecule has 0 radical (unpaired) electrons. The van der Waals surface area contributed by atoms with Crippen LogP contribution >= 0.6 is 11.3 Å². The summed E-state index contributed by atoms with van der Waals surface area (Å²) in [6.45, 7) is 11.9. The molecule has 7 aromatic rings. The molecular weight excluding hydrogens is 769 g/mol. The molecule has 302 valence electrons. The minimum atomic E-state index is 0.0148. The van der Waals surface area contributed by atoms with Gasteiger partial charge in [-0.3, -0.25) is 0 Å². The van der Waals surface area contributed by atoms with E-state index in [4.69, 9.17) is 6.58 Å². The Morgan fingerprint density at radius 3 is 2.47 bits per heavy atom. The highest BCUT2D eigenvalue weighted by Gasteiger charge is 2.64. The Morgan fingerprint density at radius 1 is 0.806 bits per heavy atom. The Morgan fingerprint density at radius 2 is 1.58 bits per heavy atom. The van der Waals surface area contributed by atoms with Crippen LogP contribution in [-0.4, -0.2) is 4.57 Å². The molecule has 2 nitrogen and oxygen atoms in total. The molecule has 0 amide bonds. The van der Waals surface area contributed by atoms with E-state index in [0.717, 1.165) is 31.3 Å². The van der Waals surface area contributed by atoms with Gasteiger partial charge < -0.3 is 9.47 Å². The van der Waals surface area contributed by atoms with E-state index >= 15 is 0 Å². The highest BCUT2D eigenvalue weighted by Crippen LogP contribution is 2.72. The molecule has 62 heavy (non-hydrogen) atoms. The molecule has 1 fully saturated rings. The van der Waals surface area contributed by atoms with Crippen molar-refractivity contribution in [1.29, 1.82) is 0 Å². The summed E-state index contributed by atoms with van der Waals surface area (Å²) in [6.07, 6.45) is 24.7. The molecule has 0 N–H and O–H groups in total. The van der Waals surface area contributed by atoms with Gasteiger partial charge in [0.05, 0.1) is 11.0 Å². The maximum Gasteiger partial charge on any atom is 0.0543 e. The van der Waals surface area contributed by atoms with Gasteiger partial charge in [0.25, 0.3) is 0 Å². The van der Waals surface area contributed by atoms with E-state index in [1.165, 1.54) is 99.4 Å². The lowest BCUT2D eigenvalue weighted by atomic mass is 9.78. The fourth-order valence-corrected chi connectivity index (χ4v) is 12.6. The average molecular weight is 819 g/mol. The van der Waals surface area contributed by atoms with Crippen molar-refractivity contribution in [2.45, 2.75) is 58.3 Å². The second-order valence-electron chi connectivity index (χ2n) is 18.6. The van der Waals surface area contributed by atoms with E-state index < -0.39 is 0 Å². The molecule has 1 saturated carbocycles. The highest BCUT2D eigenvalue weighted by molar-refractivity contribution is 7.20. The minimum absolute atomic E-state index is 0.0148. The zero-order chi connectivity index (χ0) is 41.7. The van der Waals surface area contributed by atoms with Crippen LogP contribution in [0.5, 0.6) is 0 Å². The average Bonchev–Trinajstić information content (AvgIpc) is 3.63. The Bertz CT molecular complexity index is 3270. The summed E-state index contributed by atoms with van der Waals surface area (Å²) in [7, 11) is 0. The fourth-order valence-electron chi connectivity index (χ4n) is 11.4. The standard InChI is InChI=1S/C59H50N2S/c1-38(34-48-46-23-10-15-31-54(46)62-57(48)39(2)40-19-16-20-41-18-8-11-26-49(41)58(3,4)33-32-40)60-51-28-13-9-24-47(51)56-45(25-17-30-53(56)60)42-35-43-37-59(43)50-27-12-14-29-52(50)61(55(59)36-42)44-21-6-5-7-22-44/h5-13,15-19,21-28,30-32,34-36,43H,2,14,20,29,33,37H2,1,3-4H3/b19-16-,38-34+,40-32+. The monoisotopic (exact) mass is 818 g/mol. The zero-order valence-corrected chi connectivity index (χ0v) is 36.6. The second kappa shape index (κ2) is 14.1. The molecule has 12 rings (SSSR count). The first-order chi connectivity index (χ1) is 30.3. The molecule has 3 heterocycles. The summed E-state index contributed by atoms with van der Waals surface area (Å²) in [5, 5.41) is 3.87. The number of thiophene rings is 1. The van der Waals surface area contributed by atoms with Crippen LogP contribution in [0.1, 0.15) is 73.6 Å². The van der Waals surface area contributed by atoms with Crippen molar-refractivity contribution in [1.82, 2.24) is 4.57 Å². The van der Waals surface area contributed by atoms with Crippen molar-refractivity contribution in [3.63, 3.8) is 0 Å². The molecule has 3 heteroatoms. The zero-order valence-electron chi connectivity index (χ0n) is 35.8. The number of aromatic nitrogens is 1. The molecule has 5 aliphatic rings. The van der Waals surface area contributed by atoms with Crippen molar-refractivity contribution in [3.8, 4) is 0 Å². The van der Waals surface area contributed by atoms with Gasteiger partial charge in [-0.15, -0.1) is 11.3 Å². The molecule has 2 aromatic heterocycles. The third-order valence-electron chi connectivity index (χ3n) is 14.5. The highest BCUT2D eigenvalue weighted by atomic mass is 32.1. The van der Waals surface area contributed by atoms with E-state index in [2.05, 4.69) is 200 Å². The normalized spacial score (nSPS) is 22.8. The van der Waals surface area contributed by atoms with Gasteiger partial charge in [0.1, 0.15) is 0 Å². The number of benzene rings is 5. The van der Waals surface area contributed by atoms with Crippen LogP contribution in [0, 0.1) is 11.3 Å². The van der Waals surface area contributed by atoms with Gasteiger partial charge in [-0.05, 0) is 132 Å². The molecule has 4 aliphatic carbocycles. The number of anilines is 1. The minimum Gasteiger partial charge on any atom is -0.317 e. The maximum atomic E-state index is 4.85. The Hall–Kier alpha value is -6.42. The number of hydrogen-bond donors (Lipinski definition) is 0. The summed E-state index contributed by atoms with van der Waals surface area (Å²) in [4.78, 5) is 3.85. The van der Waals surface area contributed by atoms with Gasteiger partial charge in [0, 0.05) is 59.5 Å². The predicted molar refractivity (Wildman–Crippen MR) is 266 cm³/mol. The lowest BCUT2D eigenvalue weighted by Crippen LogP contribution is -2.22. The largest absolute Gasteiger partial charge is 0.317 e. The maximum absolute atomic E-state index is 4.85. The number of para-hydroxylation sites is 2. The molecule has 1 aliphatic heterocycles. The molecule has 0 saturated heterocycles. The molecular formula is C59H50N2S. The third-order valence-corrected chi connectivity index (χ3v) is 15.7. The van der Waals surface area contributed by atoms with E-state index in [1.807, 2.05) is 11.3 Å². The summed E-state index contributed by atoms with van der Waals surface area (Å²) >= 11 is 1.86. The quantitative estimate of drug-likeness (QED) is 0.162. The van der Waals surface area contributed by atoms with Gasteiger partial charge in [-0.1, -0.05) is 148 Å². The second-order valence-corrected chi connectivity index (χ2v) is 19.6. The van der Waals surface area contributed by atoms with Crippen LogP contribution in [0.25, 0.3) is 54.8 Å². The summed E-state index contributed by atoms with van der Waals surface area (Å²) in [5.74, 6) is 0.496. The lowest BCUT2D eigenvalue weighted by Gasteiger charge is -2.28. The molecule has 5 aromatic carbocycles. The topological polar surface area (TPSA) is 8.17 Å². The van der Waals surface area contributed by atoms with Crippen molar-refractivity contribution < 1.29 is 0 Å². The van der Waals surface area contributed by atoms with E-state index in [1.54, 1.807) is 5.57 Å². The number of rotatable bonds is 6. The van der Waals surface area contributed by atoms with Crippen molar-refractivity contribution in [2.75, 3.05) is 4.90 Å². The Balaban J connectivity index is 0.979. The van der Waals surface area contributed by atoms with Gasteiger partial charge in [0.15, 0.2) is 0 Å². The third kappa shape index (κ3) is 5.60.